The average molecular weight is 356 g/mol. The highest BCUT2D eigenvalue weighted by Gasteiger charge is 2.09. The highest BCUT2D eigenvalue weighted by atomic mass is 16.1. The minimum atomic E-state index is -0.330. The molecule has 134 valence electrons. The van der Waals surface area contributed by atoms with Gasteiger partial charge in [0.05, 0.1) is 11.6 Å². The van der Waals surface area contributed by atoms with Crippen LogP contribution in [0.3, 0.4) is 0 Å². The molecule has 0 aliphatic heterocycles. The van der Waals surface area contributed by atoms with E-state index in [1.54, 1.807) is 36.5 Å². The van der Waals surface area contributed by atoms with Gasteiger partial charge >= 0.3 is 0 Å². The number of hydrogen-bond donors (Lipinski definition) is 2. The first kappa shape index (κ1) is 18.2. The molecule has 0 atom stereocenters. The van der Waals surface area contributed by atoms with E-state index in [0.717, 1.165) is 11.4 Å². The van der Waals surface area contributed by atoms with E-state index in [-0.39, 0.29) is 5.91 Å². The molecule has 0 aliphatic carbocycles. The van der Waals surface area contributed by atoms with Crippen LogP contribution in [0.15, 0.2) is 66.9 Å². The molecule has 0 radical (unpaired) electrons. The monoisotopic (exact) mass is 356 g/mol. The molecule has 5 heteroatoms. The minimum Gasteiger partial charge on any atom is -0.355 e. The Labute approximate surface area is 158 Å². The quantitative estimate of drug-likeness (QED) is 0.669. The van der Waals surface area contributed by atoms with Crippen LogP contribution in [0.4, 0.5) is 17.1 Å². The Hall–Kier alpha value is -3.65. The van der Waals surface area contributed by atoms with Gasteiger partial charge in [-0.15, -0.1) is 0 Å². The van der Waals surface area contributed by atoms with Gasteiger partial charge in [-0.3, -0.25) is 9.78 Å². The van der Waals surface area contributed by atoms with Crippen molar-refractivity contribution >= 4 is 23.0 Å². The van der Waals surface area contributed by atoms with Crippen LogP contribution in [-0.4, -0.2) is 10.9 Å². The summed E-state index contributed by atoms with van der Waals surface area (Å²) in [5, 5.41) is 15.0. The first-order chi connectivity index (χ1) is 13.0. The van der Waals surface area contributed by atoms with Crippen LogP contribution >= 0.6 is 0 Å². The summed E-state index contributed by atoms with van der Waals surface area (Å²) >= 11 is 0. The summed E-state index contributed by atoms with van der Waals surface area (Å²) < 4.78 is 0. The zero-order chi connectivity index (χ0) is 19.2. The number of hydrogen-bond acceptors (Lipinski definition) is 4. The van der Waals surface area contributed by atoms with Crippen molar-refractivity contribution in [2.75, 3.05) is 10.6 Å². The maximum absolute atomic E-state index is 12.5. The number of rotatable bonds is 5. The molecule has 5 nitrogen and oxygen atoms in total. The number of aromatic nitrogens is 1. The van der Waals surface area contributed by atoms with Gasteiger partial charge in [-0.1, -0.05) is 32.0 Å². The van der Waals surface area contributed by atoms with E-state index >= 15 is 0 Å². The molecule has 0 unspecified atom stereocenters. The van der Waals surface area contributed by atoms with Gasteiger partial charge in [-0.2, -0.15) is 5.26 Å². The molecule has 1 aromatic heterocycles. The first-order valence-electron chi connectivity index (χ1n) is 8.70. The molecule has 3 rings (SSSR count). The topological polar surface area (TPSA) is 77.8 Å². The zero-order valence-electron chi connectivity index (χ0n) is 15.2. The average Bonchev–Trinajstić information content (AvgIpc) is 2.68. The Balaban J connectivity index is 1.72. The van der Waals surface area contributed by atoms with E-state index in [1.807, 2.05) is 18.2 Å². The molecule has 0 aliphatic rings. The third kappa shape index (κ3) is 4.71. The standard InChI is InChI=1S/C22H20N4O/c1-15(2)17-6-8-18(9-7-17)25-20-10-11-24-21(13-20)22(27)26-19-5-3-4-16(12-19)14-23/h3-13,15H,1-2H3,(H,24,25)(H,26,27). The van der Waals surface area contributed by atoms with Crippen molar-refractivity contribution in [2.45, 2.75) is 19.8 Å². The van der Waals surface area contributed by atoms with Crippen molar-refractivity contribution in [2.24, 2.45) is 0 Å². The number of carbonyl (C=O) groups is 1. The van der Waals surface area contributed by atoms with E-state index in [0.29, 0.717) is 22.9 Å². The number of pyridine rings is 1. The van der Waals surface area contributed by atoms with Gasteiger partial charge < -0.3 is 10.6 Å². The van der Waals surface area contributed by atoms with Crippen molar-refractivity contribution in [3.63, 3.8) is 0 Å². The number of benzene rings is 2. The Morgan fingerprint density at radius 1 is 1.00 bits per heavy atom. The first-order valence-corrected chi connectivity index (χ1v) is 8.70. The maximum atomic E-state index is 12.5. The lowest BCUT2D eigenvalue weighted by Crippen LogP contribution is -2.13. The van der Waals surface area contributed by atoms with E-state index in [9.17, 15) is 4.79 Å². The molecule has 2 aromatic carbocycles. The molecule has 2 N–H and O–H groups in total. The van der Waals surface area contributed by atoms with Crippen LogP contribution in [0, 0.1) is 11.3 Å². The van der Waals surface area contributed by atoms with Gasteiger partial charge in [0.15, 0.2) is 0 Å². The molecule has 0 spiro atoms. The molecule has 0 bridgehead atoms. The Bertz CT molecular complexity index is 988. The van der Waals surface area contributed by atoms with Crippen LogP contribution in [0.5, 0.6) is 0 Å². The van der Waals surface area contributed by atoms with Gasteiger partial charge in [0.2, 0.25) is 0 Å². The van der Waals surface area contributed by atoms with Crippen LogP contribution in [-0.2, 0) is 0 Å². The molecule has 0 fully saturated rings. The number of anilines is 3. The molecular formula is C22H20N4O. The lowest BCUT2D eigenvalue weighted by molar-refractivity contribution is 0.102. The number of amides is 1. The maximum Gasteiger partial charge on any atom is 0.274 e. The second-order valence-corrected chi connectivity index (χ2v) is 6.48. The van der Waals surface area contributed by atoms with Gasteiger partial charge in [0.1, 0.15) is 5.69 Å². The summed E-state index contributed by atoms with van der Waals surface area (Å²) in [5.41, 5.74) is 4.33. The van der Waals surface area contributed by atoms with Crippen LogP contribution < -0.4 is 10.6 Å². The summed E-state index contributed by atoms with van der Waals surface area (Å²) in [5.74, 6) is 0.152. The van der Waals surface area contributed by atoms with E-state index in [4.69, 9.17) is 5.26 Å². The Morgan fingerprint density at radius 2 is 1.78 bits per heavy atom. The molecule has 0 saturated heterocycles. The number of nitriles is 1. The van der Waals surface area contributed by atoms with Gasteiger partial charge in [0.25, 0.3) is 5.91 Å². The Morgan fingerprint density at radius 3 is 2.48 bits per heavy atom. The molecule has 3 aromatic rings. The highest BCUT2D eigenvalue weighted by molar-refractivity contribution is 6.03. The van der Waals surface area contributed by atoms with Crippen LogP contribution in [0.1, 0.15) is 41.4 Å². The summed E-state index contributed by atoms with van der Waals surface area (Å²) in [6.45, 7) is 4.31. The van der Waals surface area contributed by atoms with Crippen LogP contribution in [0.2, 0.25) is 0 Å². The predicted molar refractivity (Wildman–Crippen MR) is 107 cm³/mol. The second-order valence-electron chi connectivity index (χ2n) is 6.48. The Kier molecular flexibility index (Phi) is 5.48. The number of nitrogens with one attached hydrogen (secondary N) is 2. The molecule has 0 saturated carbocycles. The molecule has 1 amide bonds. The van der Waals surface area contributed by atoms with Gasteiger partial charge in [0, 0.05) is 23.3 Å². The smallest absolute Gasteiger partial charge is 0.274 e. The highest BCUT2D eigenvalue weighted by Crippen LogP contribution is 2.21. The minimum absolute atomic E-state index is 0.293. The predicted octanol–water partition coefficient (Wildman–Crippen LogP) is 5.07. The van der Waals surface area contributed by atoms with Crippen LogP contribution in [0.25, 0.3) is 0 Å². The third-order valence-corrected chi connectivity index (χ3v) is 4.11. The van der Waals surface area contributed by atoms with Crippen molar-refractivity contribution in [1.29, 1.82) is 5.26 Å². The van der Waals surface area contributed by atoms with Crippen molar-refractivity contribution < 1.29 is 4.79 Å². The third-order valence-electron chi connectivity index (χ3n) is 4.11. The summed E-state index contributed by atoms with van der Waals surface area (Å²) in [4.78, 5) is 16.6. The lowest BCUT2D eigenvalue weighted by Gasteiger charge is -2.10. The molecule has 27 heavy (non-hydrogen) atoms. The fourth-order valence-corrected chi connectivity index (χ4v) is 2.61. The summed E-state index contributed by atoms with van der Waals surface area (Å²) in [6.07, 6.45) is 1.59. The van der Waals surface area contributed by atoms with Crippen molar-refractivity contribution in [3.05, 3.63) is 83.7 Å². The van der Waals surface area contributed by atoms with E-state index in [1.165, 1.54) is 5.56 Å². The largest absolute Gasteiger partial charge is 0.355 e. The lowest BCUT2D eigenvalue weighted by atomic mass is 10.0. The van der Waals surface area contributed by atoms with Gasteiger partial charge in [-0.25, -0.2) is 0 Å². The zero-order valence-corrected chi connectivity index (χ0v) is 15.2. The SMILES string of the molecule is CC(C)c1ccc(Nc2ccnc(C(=O)Nc3cccc(C#N)c3)c2)cc1. The number of nitrogens with zero attached hydrogens (tertiary/aromatic N) is 2. The second kappa shape index (κ2) is 8.15. The van der Waals surface area contributed by atoms with Crippen molar-refractivity contribution in [3.8, 4) is 6.07 Å². The van der Waals surface area contributed by atoms with Gasteiger partial charge in [-0.05, 0) is 53.9 Å². The molecule has 1 heterocycles. The fraction of sp³-hybridized carbons (Fsp3) is 0.136. The fourth-order valence-electron chi connectivity index (χ4n) is 2.61. The summed E-state index contributed by atoms with van der Waals surface area (Å²) in [6, 6.07) is 20.5. The summed E-state index contributed by atoms with van der Waals surface area (Å²) in [7, 11) is 0. The van der Waals surface area contributed by atoms with E-state index < -0.39 is 0 Å². The van der Waals surface area contributed by atoms with E-state index in [2.05, 4.69) is 47.7 Å². The normalized spacial score (nSPS) is 10.3. The molecular weight excluding hydrogens is 336 g/mol. The van der Waals surface area contributed by atoms with Crippen molar-refractivity contribution in [1.82, 2.24) is 4.98 Å². The number of carbonyl (C=O) groups excluding carboxylic acids is 1.